The van der Waals surface area contributed by atoms with Crippen LogP contribution in [0.15, 0.2) is 23.7 Å². The predicted octanol–water partition coefficient (Wildman–Crippen LogP) is 0.262. The second-order valence-electron chi connectivity index (χ2n) is 3.66. The third-order valence-electron chi connectivity index (χ3n) is 2.49. The normalized spacial score (nSPS) is 10.8. The molecule has 0 radical (unpaired) electrons. The van der Waals surface area contributed by atoms with E-state index in [1.807, 2.05) is 11.4 Å². The summed E-state index contributed by atoms with van der Waals surface area (Å²) in [6.07, 6.45) is 1.61. The van der Waals surface area contributed by atoms with E-state index in [0.717, 1.165) is 10.2 Å². The van der Waals surface area contributed by atoms with Gasteiger partial charge in [0, 0.05) is 6.20 Å². The largest absolute Gasteiger partial charge is 0.364 e. The first-order valence-electron chi connectivity index (χ1n) is 5.27. The van der Waals surface area contributed by atoms with Crippen molar-refractivity contribution in [1.29, 1.82) is 0 Å². The van der Waals surface area contributed by atoms with Crippen LogP contribution in [0.5, 0.6) is 0 Å². The van der Waals surface area contributed by atoms with Crippen LogP contribution in [0.3, 0.4) is 0 Å². The first kappa shape index (κ1) is 11.6. The van der Waals surface area contributed by atoms with Gasteiger partial charge >= 0.3 is 0 Å². The first-order valence-corrected chi connectivity index (χ1v) is 6.14. The highest BCUT2D eigenvalue weighted by Gasteiger charge is 2.13. The van der Waals surface area contributed by atoms with Gasteiger partial charge in [0.15, 0.2) is 5.82 Å². The molecule has 0 atom stereocenters. The first-order chi connectivity index (χ1) is 9.19. The summed E-state index contributed by atoms with van der Waals surface area (Å²) < 4.78 is 1.47. The Kier molecular flexibility index (Phi) is 2.62. The molecule has 0 bridgehead atoms. The molecule has 0 spiro atoms. The maximum atomic E-state index is 11.1. The summed E-state index contributed by atoms with van der Waals surface area (Å²) in [5.74, 6) is 5.56. The third kappa shape index (κ3) is 1.90. The van der Waals surface area contributed by atoms with E-state index < -0.39 is 5.91 Å². The summed E-state index contributed by atoms with van der Waals surface area (Å²) in [5, 5.41) is 6.79. The average Bonchev–Trinajstić information content (AvgIpc) is 3.06. The van der Waals surface area contributed by atoms with Gasteiger partial charge in [0.1, 0.15) is 10.5 Å². The molecule has 0 aliphatic heterocycles. The summed E-state index contributed by atoms with van der Waals surface area (Å²) in [4.78, 5) is 20.3. The fraction of sp³-hybridized carbons (Fsp3) is 0. The van der Waals surface area contributed by atoms with Crippen molar-refractivity contribution < 1.29 is 4.79 Å². The van der Waals surface area contributed by atoms with Crippen molar-refractivity contribution in [2.24, 2.45) is 11.6 Å². The number of hydrogen-bond acceptors (Lipinski definition) is 7. The summed E-state index contributed by atoms with van der Waals surface area (Å²) in [7, 11) is 0. The van der Waals surface area contributed by atoms with Crippen molar-refractivity contribution in [2.45, 2.75) is 0 Å². The number of hydrogen-bond donors (Lipinski definition) is 3. The van der Waals surface area contributed by atoms with Crippen molar-refractivity contribution >= 4 is 33.4 Å². The van der Waals surface area contributed by atoms with E-state index in [1.54, 1.807) is 6.20 Å². The minimum atomic E-state index is -0.591. The fourth-order valence-corrected chi connectivity index (χ4v) is 2.41. The summed E-state index contributed by atoms with van der Waals surface area (Å²) in [6.45, 7) is 0. The molecule has 0 saturated heterocycles. The van der Waals surface area contributed by atoms with Crippen LogP contribution in [0.1, 0.15) is 10.5 Å². The molecule has 0 saturated carbocycles. The molecule has 9 heteroatoms. The number of carbonyl (C=O) groups is 1. The van der Waals surface area contributed by atoms with Gasteiger partial charge in [-0.05, 0) is 17.5 Å². The Morgan fingerprint density at radius 2 is 2.21 bits per heavy atom. The lowest BCUT2D eigenvalue weighted by atomic mass is 10.4. The van der Waals surface area contributed by atoms with Gasteiger partial charge in [-0.25, -0.2) is 15.5 Å². The Morgan fingerprint density at radius 3 is 2.89 bits per heavy atom. The molecular weight excluding hydrogens is 266 g/mol. The van der Waals surface area contributed by atoms with E-state index in [4.69, 9.17) is 11.6 Å². The molecule has 8 nitrogen and oxygen atoms in total. The third-order valence-corrected chi connectivity index (χ3v) is 3.30. The maximum Gasteiger partial charge on any atom is 0.269 e. The molecule has 1 amide bonds. The number of nitrogens with one attached hydrogen (secondary N) is 1. The molecule has 0 fully saturated rings. The summed E-state index contributed by atoms with van der Waals surface area (Å²) >= 11 is 1.46. The number of rotatable bonds is 3. The molecule has 3 aromatic rings. The Balaban J connectivity index is 2.21. The van der Waals surface area contributed by atoms with Gasteiger partial charge in [-0.15, -0.1) is 11.3 Å². The molecule has 3 heterocycles. The van der Waals surface area contributed by atoms with E-state index in [-0.39, 0.29) is 11.6 Å². The van der Waals surface area contributed by atoms with E-state index in [2.05, 4.69) is 20.5 Å². The smallest absolute Gasteiger partial charge is 0.269 e. The highest BCUT2D eigenvalue weighted by molar-refractivity contribution is 7.16. The highest BCUT2D eigenvalue weighted by Crippen LogP contribution is 2.25. The van der Waals surface area contributed by atoms with Crippen LogP contribution in [-0.4, -0.2) is 25.7 Å². The number of primary amides is 1. The second-order valence-corrected chi connectivity index (χ2v) is 4.56. The van der Waals surface area contributed by atoms with Gasteiger partial charge in [-0.3, -0.25) is 10.2 Å². The Hall–Kier alpha value is -2.52. The molecule has 19 heavy (non-hydrogen) atoms. The number of hydrazine groups is 1. The molecule has 0 aliphatic rings. The van der Waals surface area contributed by atoms with Gasteiger partial charge < -0.3 is 5.73 Å². The molecule has 5 N–H and O–H groups in total. The van der Waals surface area contributed by atoms with E-state index >= 15 is 0 Å². The van der Waals surface area contributed by atoms with Crippen LogP contribution < -0.4 is 17.0 Å². The van der Waals surface area contributed by atoms with Gasteiger partial charge in [0.2, 0.25) is 5.95 Å². The predicted molar refractivity (Wildman–Crippen MR) is 70.9 cm³/mol. The van der Waals surface area contributed by atoms with Gasteiger partial charge in [-0.1, -0.05) is 0 Å². The standard InChI is InChI=1S/C10H9N7OS/c11-7(18)6-1-3-17(16-6)8-5-2-4-19-9(5)14-10(13-8)15-12/h1-4H,12H2,(H2,11,18)(H,13,14,15). The topological polar surface area (TPSA) is 125 Å². The fourth-order valence-electron chi connectivity index (χ4n) is 1.65. The highest BCUT2D eigenvalue weighted by atomic mass is 32.1. The monoisotopic (exact) mass is 275 g/mol. The molecule has 0 unspecified atom stereocenters. The van der Waals surface area contributed by atoms with Crippen molar-refractivity contribution in [3.63, 3.8) is 0 Å². The van der Waals surface area contributed by atoms with Crippen LogP contribution in [0.2, 0.25) is 0 Å². The van der Waals surface area contributed by atoms with Gasteiger partial charge in [0.05, 0.1) is 5.39 Å². The van der Waals surface area contributed by atoms with Crippen molar-refractivity contribution in [3.05, 3.63) is 29.4 Å². The zero-order valence-electron chi connectivity index (χ0n) is 9.57. The molecule has 96 valence electrons. The maximum absolute atomic E-state index is 11.1. The number of anilines is 1. The molecule has 0 aromatic carbocycles. The number of aromatic nitrogens is 4. The number of nitrogen functional groups attached to an aromatic ring is 1. The van der Waals surface area contributed by atoms with E-state index in [9.17, 15) is 4.79 Å². The molecule has 0 aliphatic carbocycles. The van der Waals surface area contributed by atoms with E-state index in [0.29, 0.717) is 5.82 Å². The van der Waals surface area contributed by atoms with Gasteiger partial charge in [-0.2, -0.15) is 10.1 Å². The minimum Gasteiger partial charge on any atom is -0.364 e. The lowest BCUT2D eigenvalue weighted by Gasteiger charge is -2.04. The lowest BCUT2D eigenvalue weighted by Crippen LogP contribution is -2.14. The van der Waals surface area contributed by atoms with Crippen LogP contribution in [0.4, 0.5) is 5.95 Å². The number of amides is 1. The van der Waals surface area contributed by atoms with Crippen LogP contribution in [0, 0.1) is 0 Å². The minimum absolute atomic E-state index is 0.171. The molecular formula is C10H9N7OS. The Morgan fingerprint density at radius 1 is 1.37 bits per heavy atom. The lowest BCUT2D eigenvalue weighted by molar-refractivity contribution is 0.0995. The number of thiophene rings is 1. The second kappa shape index (κ2) is 4.30. The van der Waals surface area contributed by atoms with Crippen LogP contribution in [0.25, 0.3) is 16.0 Å². The Labute approximate surface area is 111 Å². The van der Waals surface area contributed by atoms with Crippen LogP contribution >= 0.6 is 11.3 Å². The SMILES string of the molecule is NNc1nc(-n2ccc(C(N)=O)n2)c2ccsc2n1. The van der Waals surface area contributed by atoms with Gasteiger partial charge in [0.25, 0.3) is 5.91 Å². The van der Waals surface area contributed by atoms with Crippen molar-refractivity contribution in [2.75, 3.05) is 5.43 Å². The van der Waals surface area contributed by atoms with E-state index in [1.165, 1.54) is 22.1 Å². The number of nitrogens with zero attached hydrogens (tertiary/aromatic N) is 4. The average molecular weight is 275 g/mol. The number of carbonyl (C=O) groups excluding carboxylic acids is 1. The molecule has 3 aromatic heterocycles. The quantitative estimate of drug-likeness (QED) is 0.465. The van der Waals surface area contributed by atoms with Crippen LogP contribution in [-0.2, 0) is 0 Å². The number of nitrogens with two attached hydrogens (primary N) is 2. The zero-order chi connectivity index (χ0) is 13.4. The van der Waals surface area contributed by atoms with Crippen molar-refractivity contribution in [1.82, 2.24) is 19.7 Å². The number of fused-ring (bicyclic) bond motifs is 1. The molecule has 3 rings (SSSR count). The van der Waals surface area contributed by atoms with Crippen molar-refractivity contribution in [3.8, 4) is 5.82 Å². The summed E-state index contributed by atoms with van der Waals surface area (Å²) in [5.41, 5.74) is 7.75. The Bertz CT molecular complexity index is 762. The zero-order valence-corrected chi connectivity index (χ0v) is 10.4. The summed E-state index contributed by atoms with van der Waals surface area (Å²) in [6, 6.07) is 3.40.